The zero-order valence-electron chi connectivity index (χ0n) is 5.23. The third-order valence-corrected chi connectivity index (χ3v) is 3.35. The number of rotatable bonds is 2. The Labute approximate surface area is 80.3 Å². The Morgan fingerprint density at radius 2 is 2.09 bits per heavy atom. The van der Waals surface area contributed by atoms with Crippen LogP contribution in [0.4, 0.5) is 8.78 Å². The van der Waals surface area contributed by atoms with Crippen molar-refractivity contribution >= 4 is 38.9 Å². The molecule has 1 rings (SSSR count). The van der Waals surface area contributed by atoms with Gasteiger partial charge in [0.25, 0.3) is 6.43 Å². The second-order valence-corrected chi connectivity index (χ2v) is 4.84. The summed E-state index contributed by atoms with van der Waals surface area (Å²) in [5.41, 5.74) is 0. The predicted octanol–water partition coefficient (Wildman–Crippen LogP) is 4.06. The third-order valence-electron chi connectivity index (χ3n) is 1.09. The van der Waals surface area contributed by atoms with Gasteiger partial charge in [0.1, 0.15) is 5.38 Å². The Balaban J connectivity index is 2.76. The van der Waals surface area contributed by atoms with Crippen molar-refractivity contribution in [3.8, 4) is 0 Å². The van der Waals surface area contributed by atoms with Crippen LogP contribution in [0.15, 0.2) is 15.9 Å². The molecule has 0 fully saturated rings. The van der Waals surface area contributed by atoms with E-state index in [-0.39, 0.29) is 0 Å². The maximum absolute atomic E-state index is 12.0. The minimum absolute atomic E-state index is 0.494. The molecule has 1 unspecified atom stereocenters. The number of thiophene rings is 1. The summed E-state index contributed by atoms with van der Waals surface area (Å²) in [6.07, 6.45) is -2.50. The lowest BCUT2D eigenvalue weighted by molar-refractivity contribution is 0.144. The van der Waals surface area contributed by atoms with Crippen molar-refractivity contribution in [2.75, 3.05) is 0 Å². The van der Waals surface area contributed by atoms with Crippen LogP contribution in [0.3, 0.4) is 0 Å². The molecule has 11 heavy (non-hydrogen) atoms. The van der Waals surface area contributed by atoms with Crippen molar-refractivity contribution in [3.63, 3.8) is 0 Å². The van der Waals surface area contributed by atoms with E-state index in [2.05, 4.69) is 15.9 Å². The van der Waals surface area contributed by atoms with Gasteiger partial charge in [-0.15, -0.1) is 22.9 Å². The average molecular weight is 262 g/mol. The van der Waals surface area contributed by atoms with Gasteiger partial charge in [0, 0.05) is 4.88 Å². The number of hydrogen-bond acceptors (Lipinski definition) is 1. The van der Waals surface area contributed by atoms with Crippen molar-refractivity contribution in [2.24, 2.45) is 0 Å². The zero-order chi connectivity index (χ0) is 8.43. The summed E-state index contributed by atoms with van der Waals surface area (Å²) in [6, 6.07) is 3.30. The van der Waals surface area contributed by atoms with Gasteiger partial charge >= 0.3 is 0 Å². The fourth-order valence-corrected chi connectivity index (χ4v) is 2.21. The van der Waals surface area contributed by atoms with Gasteiger partial charge in [0.05, 0.1) is 3.79 Å². The van der Waals surface area contributed by atoms with Crippen LogP contribution in [-0.2, 0) is 0 Å². The second-order valence-electron chi connectivity index (χ2n) is 1.88. The highest BCUT2D eigenvalue weighted by Gasteiger charge is 2.20. The molecule has 0 aliphatic heterocycles. The first kappa shape index (κ1) is 9.42. The van der Waals surface area contributed by atoms with Gasteiger partial charge in [-0.3, -0.25) is 0 Å². The molecule has 0 saturated heterocycles. The molecule has 0 radical (unpaired) electrons. The van der Waals surface area contributed by atoms with Gasteiger partial charge in [-0.05, 0) is 28.1 Å². The Bertz CT molecular complexity index is 238. The molecule has 1 aromatic rings. The Hall–Kier alpha value is 0.330. The first-order chi connectivity index (χ1) is 5.11. The lowest BCUT2D eigenvalue weighted by atomic mass is 10.3. The summed E-state index contributed by atoms with van der Waals surface area (Å²) in [5.74, 6) is 0. The fourth-order valence-electron chi connectivity index (χ4n) is 0.601. The smallest absolute Gasteiger partial charge is 0.208 e. The van der Waals surface area contributed by atoms with E-state index in [0.29, 0.717) is 4.88 Å². The molecular formula is C6H4BrClF2S. The van der Waals surface area contributed by atoms with Gasteiger partial charge < -0.3 is 0 Å². The highest BCUT2D eigenvalue weighted by molar-refractivity contribution is 9.11. The molecule has 0 aromatic carbocycles. The van der Waals surface area contributed by atoms with Gasteiger partial charge in [-0.25, -0.2) is 8.78 Å². The van der Waals surface area contributed by atoms with Gasteiger partial charge in [-0.1, -0.05) is 0 Å². The summed E-state index contributed by atoms with van der Waals surface area (Å²) in [6.45, 7) is 0. The normalized spacial score (nSPS) is 13.9. The fraction of sp³-hybridized carbons (Fsp3) is 0.333. The van der Waals surface area contributed by atoms with Crippen LogP contribution in [0.5, 0.6) is 0 Å². The number of hydrogen-bond donors (Lipinski definition) is 0. The van der Waals surface area contributed by atoms with Gasteiger partial charge in [-0.2, -0.15) is 0 Å². The molecule has 0 aliphatic carbocycles. The zero-order valence-corrected chi connectivity index (χ0v) is 8.39. The molecule has 62 valence electrons. The minimum atomic E-state index is -2.50. The van der Waals surface area contributed by atoms with Crippen LogP contribution in [0.2, 0.25) is 0 Å². The molecule has 0 N–H and O–H groups in total. The summed E-state index contributed by atoms with van der Waals surface area (Å²) in [4.78, 5) is 0.494. The third kappa shape index (κ3) is 2.39. The second kappa shape index (κ2) is 3.83. The molecule has 0 aliphatic rings. The van der Waals surface area contributed by atoms with Crippen molar-refractivity contribution in [1.82, 2.24) is 0 Å². The average Bonchev–Trinajstić information content (AvgIpc) is 2.34. The predicted molar refractivity (Wildman–Crippen MR) is 46.6 cm³/mol. The quantitative estimate of drug-likeness (QED) is 0.705. The van der Waals surface area contributed by atoms with E-state index in [9.17, 15) is 8.78 Å². The summed E-state index contributed by atoms with van der Waals surface area (Å²) >= 11 is 9.79. The number of alkyl halides is 3. The first-order valence-corrected chi connectivity index (χ1v) is 4.83. The van der Waals surface area contributed by atoms with E-state index >= 15 is 0 Å². The number of halogens is 4. The van der Waals surface area contributed by atoms with Crippen LogP contribution in [0.25, 0.3) is 0 Å². The van der Waals surface area contributed by atoms with Crippen molar-refractivity contribution in [2.45, 2.75) is 11.8 Å². The summed E-state index contributed by atoms with van der Waals surface area (Å²) in [5, 5.41) is -1.17. The molecular weight excluding hydrogens is 257 g/mol. The van der Waals surface area contributed by atoms with Crippen LogP contribution >= 0.6 is 38.9 Å². The van der Waals surface area contributed by atoms with Crippen molar-refractivity contribution in [3.05, 3.63) is 20.8 Å². The highest BCUT2D eigenvalue weighted by atomic mass is 79.9. The van der Waals surface area contributed by atoms with Crippen molar-refractivity contribution < 1.29 is 8.78 Å². The van der Waals surface area contributed by atoms with E-state index in [4.69, 9.17) is 11.6 Å². The van der Waals surface area contributed by atoms with Crippen LogP contribution in [-0.4, -0.2) is 6.43 Å². The maximum Gasteiger partial charge on any atom is 0.259 e. The Morgan fingerprint density at radius 3 is 2.45 bits per heavy atom. The lowest BCUT2D eigenvalue weighted by Gasteiger charge is -2.03. The van der Waals surface area contributed by atoms with Crippen LogP contribution < -0.4 is 0 Å². The van der Waals surface area contributed by atoms with Crippen LogP contribution in [0.1, 0.15) is 10.3 Å². The summed E-state index contributed by atoms with van der Waals surface area (Å²) < 4.78 is 24.8. The summed E-state index contributed by atoms with van der Waals surface area (Å²) in [7, 11) is 0. The maximum atomic E-state index is 12.0. The molecule has 0 spiro atoms. The van der Waals surface area contributed by atoms with E-state index in [1.54, 1.807) is 12.1 Å². The molecule has 0 amide bonds. The Kier molecular flexibility index (Phi) is 3.28. The standard InChI is InChI=1S/C6H4BrClF2S/c7-4-2-1-3(11-4)5(8)6(9)10/h1-2,5-6H. The minimum Gasteiger partial charge on any atom is -0.208 e. The molecule has 0 nitrogen and oxygen atoms in total. The highest BCUT2D eigenvalue weighted by Crippen LogP contribution is 2.34. The molecule has 0 bridgehead atoms. The van der Waals surface area contributed by atoms with E-state index in [0.717, 1.165) is 3.79 Å². The molecule has 0 saturated carbocycles. The first-order valence-electron chi connectivity index (χ1n) is 2.78. The monoisotopic (exact) mass is 260 g/mol. The van der Waals surface area contributed by atoms with E-state index < -0.39 is 11.8 Å². The van der Waals surface area contributed by atoms with E-state index in [1.807, 2.05) is 0 Å². The molecule has 1 atom stereocenters. The van der Waals surface area contributed by atoms with E-state index in [1.165, 1.54) is 11.3 Å². The SMILES string of the molecule is FC(F)C(Cl)c1ccc(Br)s1. The van der Waals surface area contributed by atoms with Gasteiger partial charge in [0.15, 0.2) is 0 Å². The van der Waals surface area contributed by atoms with Crippen molar-refractivity contribution in [1.29, 1.82) is 0 Å². The lowest BCUT2D eigenvalue weighted by Crippen LogP contribution is -1.98. The topological polar surface area (TPSA) is 0 Å². The molecule has 1 heterocycles. The van der Waals surface area contributed by atoms with Crippen LogP contribution in [0, 0.1) is 0 Å². The molecule has 5 heteroatoms. The Morgan fingerprint density at radius 1 is 1.45 bits per heavy atom. The largest absolute Gasteiger partial charge is 0.259 e. The van der Waals surface area contributed by atoms with Gasteiger partial charge in [0.2, 0.25) is 0 Å². The molecule has 1 aromatic heterocycles.